The van der Waals surface area contributed by atoms with Crippen molar-refractivity contribution >= 4 is 12.0 Å². The molecule has 2 aliphatic heterocycles. The zero-order valence-electron chi connectivity index (χ0n) is 14.3. The molecule has 3 atom stereocenters. The molecule has 2 fully saturated rings. The lowest BCUT2D eigenvalue weighted by atomic mass is 10.0. The number of carbonyl (C=O) groups is 2. The van der Waals surface area contributed by atoms with Crippen molar-refractivity contribution in [1.29, 1.82) is 0 Å². The van der Waals surface area contributed by atoms with Gasteiger partial charge in [0, 0.05) is 31.8 Å². The van der Waals surface area contributed by atoms with Crippen molar-refractivity contribution in [3.05, 3.63) is 0 Å². The van der Waals surface area contributed by atoms with Gasteiger partial charge >= 0.3 is 6.09 Å². The van der Waals surface area contributed by atoms with E-state index < -0.39 is 5.60 Å². The number of nitrogens with zero attached hydrogens (tertiary/aromatic N) is 2. The second-order valence-electron chi connectivity index (χ2n) is 7.39. The first-order valence-corrected chi connectivity index (χ1v) is 8.07. The Balaban J connectivity index is 1.99. The molecule has 0 aromatic rings. The Labute approximate surface area is 132 Å². The number of hydrogen-bond donors (Lipinski definition) is 0. The van der Waals surface area contributed by atoms with Crippen LogP contribution in [-0.4, -0.2) is 65.8 Å². The van der Waals surface area contributed by atoms with Crippen molar-refractivity contribution in [1.82, 2.24) is 9.80 Å². The Kier molecular flexibility index (Phi) is 5.00. The van der Waals surface area contributed by atoms with Crippen LogP contribution in [0.15, 0.2) is 0 Å². The molecule has 0 bridgehead atoms. The minimum atomic E-state index is -0.502. The average Bonchev–Trinajstić information content (AvgIpc) is 2.89. The molecule has 2 amide bonds. The topological polar surface area (TPSA) is 59.1 Å². The van der Waals surface area contributed by atoms with Crippen molar-refractivity contribution in [2.75, 3.05) is 26.3 Å². The summed E-state index contributed by atoms with van der Waals surface area (Å²) >= 11 is 0. The molecule has 2 heterocycles. The number of amides is 2. The van der Waals surface area contributed by atoms with E-state index in [0.717, 1.165) is 6.42 Å². The van der Waals surface area contributed by atoms with Crippen LogP contribution in [0.3, 0.4) is 0 Å². The number of rotatable bonds is 1. The lowest BCUT2D eigenvalue weighted by Gasteiger charge is -2.45. The van der Waals surface area contributed by atoms with Crippen molar-refractivity contribution in [3.63, 3.8) is 0 Å². The zero-order valence-corrected chi connectivity index (χ0v) is 14.3. The van der Waals surface area contributed by atoms with Crippen molar-refractivity contribution in [2.24, 2.45) is 5.92 Å². The summed E-state index contributed by atoms with van der Waals surface area (Å²) in [7, 11) is 0. The van der Waals surface area contributed by atoms with Gasteiger partial charge in [0.2, 0.25) is 5.91 Å². The van der Waals surface area contributed by atoms with Crippen LogP contribution in [0.4, 0.5) is 4.79 Å². The van der Waals surface area contributed by atoms with Crippen LogP contribution in [0.2, 0.25) is 0 Å². The Morgan fingerprint density at radius 3 is 2.18 bits per heavy atom. The molecule has 2 aliphatic rings. The van der Waals surface area contributed by atoms with Gasteiger partial charge in [0.15, 0.2) is 0 Å². The third-order valence-electron chi connectivity index (χ3n) is 4.10. The first kappa shape index (κ1) is 17.1. The summed E-state index contributed by atoms with van der Waals surface area (Å²) in [6, 6.07) is -0.0197. The second-order valence-corrected chi connectivity index (χ2v) is 7.39. The highest BCUT2D eigenvalue weighted by Crippen LogP contribution is 2.23. The van der Waals surface area contributed by atoms with Crippen LogP contribution in [-0.2, 0) is 14.3 Å². The SMILES string of the molecule is C[C@@H]1CN(C(=O)OC(C)(C)C)C[C@@H](C)N1C(=O)[C@H]1CCOC1. The molecule has 126 valence electrons. The van der Waals surface area contributed by atoms with Crippen LogP contribution >= 0.6 is 0 Å². The molecule has 0 aromatic heterocycles. The summed E-state index contributed by atoms with van der Waals surface area (Å²) in [6.07, 6.45) is 0.493. The summed E-state index contributed by atoms with van der Waals surface area (Å²) in [5, 5.41) is 0. The van der Waals surface area contributed by atoms with Gasteiger partial charge in [0.05, 0.1) is 12.5 Å². The normalized spacial score (nSPS) is 29.6. The largest absolute Gasteiger partial charge is 0.444 e. The fourth-order valence-corrected chi connectivity index (χ4v) is 3.17. The molecular formula is C16H28N2O4. The van der Waals surface area contributed by atoms with Crippen molar-refractivity contribution in [2.45, 2.75) is 58.7 Å². The van der Waals surface area contributed by atoms with E-state index in [1.54, 1.807) is 4.90 Å². The highest BCUT2D eigenvalue weighted by Gasteiger charge is 2.39. The van der Waals surface area contributed by atoms with Gasteiger partial charge in [0.1, 0.15) is 5.60 Å². The molecule has 0 unspecified atom stereocenters. The molecular weight excluding hydrogens is 284 g/mol. The molecule has 0 aromatic carbocycles. The Morgan fingerprint density at radius 1 is 1.14 bits per heavy atom. The summed E-state index contributed by atoms with van der Waals surface area (Å²) in [5.74, 6) is 0.124. The van der Waals surface area contributed by atoms with Gasteiger partial charge in [-0.25, -0.2) is 4.79 Å². The third-order valence-corrected chi connectivity index (χ3v) is 4.10. The minimum Gasteiger partial charge on any atom is -0.444 e. The Hall–Kier alpha value is -1.30. The fourth-order valence-electron chi connectivity index (χ4n) is 3.17. The summed E-state index contributed by atoms with van der Waals surface area (Å²) in [5.41, 5.74) is -0.502. The maximum absolute atomic E-state index is 12.6. The standard InChI is InChI=1S/C16H28N2O4/c1-11-8-17(15(20)22-16(3,4)5)9-12(2)18(11)14(19)13-6-7-21-10-13/h11-13H,6-10H2,1-5H3/t11-,12-,13+/m1/s1. The Morgan fingerprint density at radius 2 is 1.73 bits per heavy atom. The van der Waals surface area contributed by atoms with Crippen LogP contribution in [0.1, 0.15) is 41.0 Å². The summed E-state index contributed by atoms with van der Waals surface area (Å²) in [4.78, 5) is 28.5. The first-order valence-electron chi connectivity index (χ1n) is 8.07. The number of hydrogen-bond acceptors (Lipinski definition) is 4. The highest BCUT2D eigenvalue weighted by molar-refractivity contribution is 5.80. The maximum Gasteiger partial charge on any atom is 0.410 e. The minimum absolute atomic E-state index is 0.00984. The Bertz CT molecular complexity index is 414. The maximum atomic E-state index is 12.6. The van der Waals surface area contributed by atoms with E-state index in [1.807, 2.05) is 39.5 Å². The summed E-state index contributed by atoms with van der Waals surface area (Å²) < 4.78 is 10.8. The number of ether oxygens (including phenoxy) is 2. The molecule has 0 radical (unpaired) electrons. The van der Waals surface area contributed by atoms with Crippen LogP contribution in [0.5, 0.6) is 0 Å². The van der Waals surface area contributed by atoms with E-state index in [0.29, 0.717) is 26.3 Å². The van der Waals surface area contributed by atoms with Crippen molar-refractivity contribution in [3.8, 4) is 0 Å². The van der Waals surface area contributed by atoms with Gasteiger partial charge in [-0.2, -0.15) is 0 Å². The third kappa shape index (κ3) is 3.91. The van der Waals surface area contributed by atoms with Gasteiger partial charge in [-0.3, -0.25) is 4.79 Å². The van der Waals surface area contributed by atoms with Crippen LogP contribution in [0.25, 0.3) is 0 Å². The van der Waals surface area contributed by atoms with E-state index in [4.69, 9.17) is 9.47 Å². The molecule has 2 saturated heterocycles. The summed E-state index contributed by atoms with van der Waals surface area (Å²) in [6.45, 7) is 11.8. The molecule has 0 aliphatic carbocycles. The highest BCUT2D eigenvalue weighted by atomic mass is 16.6. The van der Waals surface area contributed by atoms with E-state index in [1.165, 1.54) is 0 Å². The zero-order chi connectivity index (χ0) is 16.5. The molecule has 0 N–H and O–H groups in total. The lowest BCUT2D eigenvalue weighted by molar-refractivity contribution is -0.143. The van der Waals surface area contributed by atoms with E-state index in [2.05, 4.69) is 0 Å². The van der Waals surface area contributed by atoms with E-state index >= 15 is 0 Å². The first-order chi connectivity index (χ1) is 10.2. The van der Waals surface area contributed by atoms with Crippen molar-refractivity contribution < 1.29 is 19.1 Å². The van der Waals surface area contributed by atoms with Gasteiger partial charge < -0.3 is 19.3 Å². The predicted molar refractivity (Wildman–Crippen MR) is 82.5 cm³/mol. The molecule has 22 heavy (non-hydrogen) atoms. The molecule has 0 spiro atoms. The lowest BCUT2D eigenvalue weighted by Crippen LogP contribution is -2.61. The quantitative estimate of drug-likeness (QED) is 0.742. The predicted octanol–water partition coefficient (Wildman–Crippen LogP) is 1.88. The fraction of sp³-hybridized carbons (Fsp3) is 0.875. The van der Waals surface area contributed by atoms with Crippen LogP contribution < -0.4 is 0 Å². The average molecular weight is 312 g/mol. The van der Waals surface area contributed by atoms with Gasteiger partial charge in [-0.05, 0) is 41.0 Å². The molecule has 6 nitrogen and oxygen atoms in total. The van der Waals surface area contributed by atoms with Gasteiger partial charge in [-0.1, -0.05) is 0 Å². The number of carbonyl (C=O) groups excluding carboxylic acids is 2. The molecule has 2 rings (SSSR count). The van der Waals surface area contributed by atoms with E-state index in [-0.39, 0.29) is 30.0 Å². The monoisotopic (exact) mass is 312 g/mol. The molecule has 6 heteroatoms. The van der Waals surface area contributed by atoms with Gasteiger partial charge in [-0.15, -0.1) is 0 Å². The van der Waals surface area contributed by atoms with Crippen LogP contribution in [0, 0.1) is 5.92 Å². The second kappa shape index (κ2) is 6.44. The molecule has 0 saturated carbocycles. The number of piperazine rings is 1. The van der Waals surface area contributed by atoms with Gasteiger partial charge in [0.25, 0.3) is 0 Å². The smallest absolute Gasteiger partial charge is 0.410 e. The van der Waals surface area contributed by atoms with E-state index in [9.17, 15) is 9.59 Å².